The Balaban J connectivity index is 1.74. The Hall–Kier alpha value is -2.18. The molecule has 1 aliphatic rings. The molecule has 3 rings (SSSR count). The molecule has 1 amide bonds. The van der Waals surface area contributed by atoms with Gasteiger partial charge in [0.15, 0.2) is 5.82 Å². The van der Waals surface area contributed by atoms with Gasteiger partial charge in [-0.25, -0.2) is 4.98 Å². The van der Waals surface area contributed by atoms with E-state index in [2.05, 4.69) is 20.1 Å². The van der Waals surface area contributed by atoms with Gasteiger partial charge in [-0.1, -0.05) is 25.9 Å². The molecule has 118 valence electrons. The predicted octanol–water partition coefficient (Wildman–Crippen LogP) is 2.21. The van der Waals surface area contributed by atoms with Crippen molar-refractivity contribution in [1.29, 1.82) is 0 Å². The van der Waals surface area contributed by atoms with E-state index in [1.807, 2.05) is 25.7 Å². The molecule has 1 unspecified atom stereocenters. The summed E-state index contributed by atoms with van der Waals surface area (Å²) in [5, 5.41) is 3.97. The maximum absolute atomic E-state index is 12.4. The maximum atomic E-state index is 12.4. The molecule has 0 saturated carbocycles. The lowest BCUT2D eigenvalue weighted by Gasteiger charge is -2.35. The highest BCUT2D eigenvalue weighted by Crippen LogP contribution is 2.29. The van der Waals surface area contributed by atoms with E-state index in [0.717, 1.165) is 19.4 Å². The van der Waals surface area contributed by atoms with Gasteiger partial charge in [0.25, 0.3) is 0 Å². The number of aromatic amines is 1. The van der Waals surface area contributed by atoms with Crippen LogP contribution in [-0.4, -0.2) is 44.0 Å². The Morgan fingerprint density at radius 1 is 1.45 bits per heavy atom. The second kappa shape index (κ2) is 5.55. The van der Waals surface area contributed by atoms with Crippen LogP contribution in [0.3, 0.4) is 0 Å². The Morgan fingerprint density at radius 2 is 2.27 bits per heavy atom. The monoisotopic (exact) mass is 303 g/mol. The minimum Gasteiger partial charge on any atom is -0.342 e. The summed E-state index contributed by atoms with van der Waals surface area (Å²) in [7, 11) is 0. The first kappa shape index (κ1) is 14.7. The number of hydrogen-bond donors (Lipinski definition) is 1. The van der Waals surface area contributed by atoms with E-state index in [9.17, 15) is 4.79 Å². The van der Waals surface area contributed by atoms with Gasteiger partial charge in [0.2, 0.25) is 17.6 Å². The molecule has 1 fully saturated rings. The lowest BCUT2D eigenvalue weighted by molar-refractivity contribution is -0.140. The summed E-state index contributed by atoms with van der Waals surface area (Å²) >= 11 is 0. The molecule has 0 aromatic carbocycles. The molecule has 7 nitrogen and oxygen atoms in total. The van der Waals surface area contributed by atoms with Crippen LogP contribution in [-0.2, 0) is 4.79 Å². The topological polar surface area (TPSA) is 87.9 Å². The number of nitrogens with one attached hydrogen (secondary N) is 1. The van der Waals surface area contributed by atoms with E-state index in [1.54, 1.807) is 12.4 Å². The van der Waals surface area contributed by atoms with Crippen LogP contribution < -0.4 is 0 Å². The average Bonchev–Trinajstić information content (AvgIpc) is 3.16. The van der Waals surface area contributed by atoms with Crippen LogP contribution in [0.5, 0.6) is 0 Å². The second-order valence-electron chi connectivity index (χ2n) is 6.73. The van der Waals surface area contributed by atoms with Crippen molar-refractivity contribution in [3.05, 3.63) is 18.3 Å². The number of hydrogen-bond acceptors (Lipinski definition) is 5. The molecule has 0 spiro atoms. The largest absolute Gasteiger partial charge is 0.342 e. The predicted molar refractivity (Wildman–Crippen MR) is 79.9 cm³/mol. The number of piperidine rings is 1. The third-order valence-corrected chi connectivity index (χ3v) is 3.85. The molecule has 0 radical (unpaired) electrons. The van der Waals surface area contributed by atoms with Crippen molar-refractivity contribution in [2.75, 3.05) is 13.1 Å². The van der Waals surface area contributed by atoms with Crippen molar-refractivity contribution >= 4 is 5.91 Å². The first-order valence-electron chi connectivity index (χ1n) is 7.58. The summed E-state index contributed by atoms with van der Waals surface area (Å²) in [6.45, 7) is 7.27. The zero-order valence-electron chi connectivity index (χ0n) is 13.2. The van der Waals surface area contributed by atoms with Crippen LogP contribution in [0.2, 0.25) is 0 Å². The summed E-state index contributed by atoms with van der Waals surface area (Å²) in [6, 6.07) is 0. The molecular weight excluding hydrogens is 282 g/mol. The quantitative estimate of drug-likeness (QED) is 0.919. The summed E-state index contributed by atoms with van der Waals surface area (Å²) in [5.74, 6) is 1.89. The van der Waals surface area contributed by atoms with E-state index in [1.165, 1.54) is 0 Å². The summed E-state index contributed by atoms with van der Waals surface area (Å²) < 4.78 is 5.38. The number of nitrogens with zero attached hydrogens (tertiary/aromatic N) is 4. The van der Waals surface area contributed by atoms with Crippen molar-refractivity contribution in [3.63, 3.8) is 0 Å². The fourth-order valence-corrected chi connectivity index (χ4v) is 2.72. The van der Waals surface area contributed by atoms with E-state index in [-0.39, 0.29) is 17.2 Å². The lowest BCUT2D eigenvalue weighted by atomic mass is 9.91. The molecule has 0 bridgehead atoms. The third kappa shape index (κ3) is 2.88. The van der Waals surface area contributed by atoms with Gasteiger partial charge in [-0.05, 0) is 12.8 Å². The fraction of sp³-hybridized carbons (Fsp3) is 0.600. The first-order chi connectivity index (χ1) is 10.4. The normalized spacial score (nSPS) is 19.4. The molecule has 1 N–H and O–H groups in total. The Kier molecular flexibility index (Phi) is 3.72. The van der Waals surface area contributed by atoms with E-state index in [4.69, 9.17) is 4.52 Å². The van der Waals surface area contributed by atoms with Gasteiger partial charge in [-0.2, -0.15) is 4.98 Å². The van der Waals surface area contributed by atoms with Gasteiger partial charge in [-0.15, -0.1) is 0 Å². The van der Waals surface area contributed by atoms with Crippen LogP contribution in [0, 0.1) is 5.41 Å². The summed E-state index contributed by atoms with van der Waals surface area (Å²) in [5.41, 5.74) is -0.365. The number of H-pyrrole nitrogens is 1. The molecule has 22 heavy (non-hydrogen) atoms. The first-order valence-corrected chi connectivity index (χ1v) is 7.58. The van der Waals surface area contributed by atoms with Crippen LogP contribution in [0.1, 0.15) is 45.4 Å². The van der Waals surface area contributed by atoms with Crippen LogP contribution in [0.15, 0.2) is 16.9 Å². The smallest absolute Gasteiger partial charge is 0.238 e. The van der Waals surface area contributed by atoms with Gasteiger partial charge in [-0.3, -0.25) is 4.79 Å². The molecule has 1 aliphatic heterocycles. The zero-order chi connectivity index (χ0) is 15.7. The van der Waals surface area contributed by atoms with Crippen molar-refractivity contribution in [2.24, 2.45) is 5.41 Å². The standard InChI is InChI=1S/C15H21N5O2/c1-15(2,3)14(21)20-8-4-5-10(9-20)13-18-12(19-22-13)11-16-6-7-17-11/h6-7,10H,4-5,8-9H2,1-3H3,(H,16,17). The molecule has 0 aliphatic carbocycles. The van der Waals surface area contributed by atoms with E-state index >= 15 is 0 Å². The van der Waals surface area contributed by atoms with E-state index < -0.39 is 0 Å². The number of carbonyl (C=O) groups is 1. The van der Waals surface area contributed by atoms with Crippen LogP contribution in [0.4, 0.5) is 0 Å². The number of rotatable bonds is 2. The van der Waals surface area contributed by atoms with Crippen molar-refractivity contribution in [1.82, 2.24) is 25.0 Å². The number of imidazole rings is 1. The molecule has 1 atom stereocenters. The van der Waals surface area contributed by atoms with Crippen molar-refractivity contribution < 1.29 is 9.32 Å². The van der Waals surface area contributed by atoms with Crippen molar-refractivity contribution in [3.8, 4) is 11.6 Å². The highest BCUT2D eigenvalue weighted by atomic mass is 16.5. The summed E-state index contributed by atoms with van der Waals surface area (Å²) in [6.07, 6.45) is 5.27. The fourth-order valence-electron chi connectivity index (χ4n) is 2.72. The molecule has 3 heterocycles. The van der Waals surface area contributed by atoms with Gasteiger partial charge in [0.1, 0.15) is 0 Å². The Labute approximate surface area is 129 Å². The highest BCUT2D eigenvalue weighted by molar-refractivity contribution is 5.81. The van der Waals surface area contributed by atoms with Crippen LogP contribution in [0.25, 0.3) is 11.6 Å². The van der Waals surface area contributed by atoms with Gasteiger partial charge in [0.05, 0.1) is 5.92 Å². The second-order valence-corrected chi connectivity index (χ2v) is 6.73. The average molecular weight is 303 g/mol. The minimum atomic E-state index is -0.365. The summed E-state index contributed by atoms with van der Waals surface area (Å²) in [4.78, 5) is 25.8. The number of amides is 1. The number of likely N-dealkylation sites (tertiary alicyclic amines) is 1. The SMILES string of the molecule is CC(C)(C)C(=O)N1CCCC(c2nc(-c3ncc[nH]3)no2)C1. The third-order valence-electron chi connectivity index (χ3n) is 3.85. The van der Waals surface area contributed by atoms with Gasteiger partial charge < -0.3 is 14.4 Å². The number of aromatic nitrogens is 4. The molecular formula is C15H21N5O2. The Bertz CT molecular complexity index is 641. The highest BCUT2D eigenvalue weighted by Gasteiger charge is 2.33. The van der Waals surface area contributed by atoms with Gasteiger partial charge in [0, 0.05) is 30.9 Å². The molecule has 1 saturated heterocycles. The minimum absolute atomic E-state index is 0.0938. The number of carbonyl (C=O) groups excluding carboxylic acids is 1. The van der Waals surface area contributed by atoms with E-state index in [0.29, 0.717) is 24.1 Å². The van der Waals surface area contributed by atoms with Crippen molar-refractivity contribution in [2.45, 2.75) is 39.5 Å². The molecule has 2 aromatic heterocycles. The lowest BCUT2D eigenvalue weighted by Crippen LogP contribution is -2.44. The van der Waals surface area contributed by atoms with Gasteiger partial charge >= 0.3 is 0 Å². The zero-order valence-corrected chi connectivity index (χ0v) is 13.2. The van der Waals surface area contributed by atoms with Crippen LogP contribution >= 0.6 is 0 Å². The maximum Gasteiger partial charge on any atom is 0.238 e. The molecule has 2 aromatic rings. The molecule has 7 heteroatoms. The Morgan fingerprint density at radius 3 is 2.95 bits per heavy atom.